The number of aromatic nitrogens is 3. The second kappa shape index (κ2) is 7.05. The van der Waals surface area contributed by atoms with E-state index in [1.165, 1.54) is 0 Å². The summed E-state index contributed by atoms with van der Waals surface area (Å²) in [5, 5.41) is 11.6. The normalized spacial score (nSPS) is 25.0. The highest BCUT2D eigenvalue weighted by molar-refractivity contribution is 5.92. The average molecular weight is 412 g/mol. The molecule has 3 atom stereocenters. The molecule has 156 valence electrons. The van der Waals surface area contributed by atoms with Gasteiger partial charge in [-0.2, -0.15) is 4.98 Å². The first-order chi connectivity index (χ1) is 15.0. The number of para-hydroxylation sites is 1. The summed E-state index contributed by atoms with van der Waals surface area (Å²) < 4.78 is 5.72. The Balaban J connectivity index is 1.76. The minimum absolute atomic E-state index is 0.0813. The number of allylic oxidation sites excluding steroid dienone is 2. The second-order valence-electron chi connectivity index (χ2n) is 8.73. The standard InChI is InChI=1S/C25H24N4O2/c1-14-18-10-9-17-22(25(18,2)13-20(26-3)21(14)30)28-23(29-24(17)31-4)16-11-12-27-19-8-6-5-7-15(16)19/h5-8,11-12,14,18,30H,9-10,13H2,1-2,4H3/t14-,18-,25-/m1/s1. The summed E-state index contributed by atoms with van der Waals surface area (Å²) in [5.41, 5.74) is 3.82. The number of methoxy groups -OCH3 is 1. The van der Waals surface area contributed by atoms with E-state index >= 15 is 0 Å². The van der Waals surface area contributed by atoms with Gasteiger partial charge in [0, 0.05) is 34.0 Å². The van der Waals surface area contributed by atoms with Crippen LogP contribution in [0.15, 0.2) is 48.0 Å². The number of nitrogens with zero attached hydrogens (tertiary/aromatic N) is 4. The molecule has 0 fully saturated rings. The molecule has 2 aliphatic rings. The quantitative estimate of drug-likeness (QED) is 0.582. The molecule has 2 heterocycles. The van der Waals surface area contributed by atoms with Crippen molar-refractivity contribution in [2.45, 2.75) is 38.5 Å². The highest BCUT2D eigenvalue weighted by Crippen LogP contribution is 2.54. The molecule has 3 aromatic rings. The van der Waals surface area contributed by atoms with Gasteiger partial charge < -0.3 is 9.84 Å². The van der Waals surface area contributed by atoms with Gasteiger partial charge in [0.05, 0.1) is 30.7 Å². The van der Waals surface area contributed by atoms with E-state index in [4.69, 9.17) is 21.3 Å². The highest BCUT2D eigenvalue weighted by atomic mass is 16.5. The summed E-state index contributed by atoms with van der Waals surface area (Å²) in [6, 6.07) is 9.89. The molecule has 0 unspecified atom stereocenters. The maximum Gasteiger partial charge on any atom is 0.220 e. The monoisotopic (exact) mass is 412 g/mol. The number of benzene rings is 1. The van der Waals surface area contributed by atoms with Crippen LogP contribution in [-0.2, 0) is 11.8 Å². The molecule has 0 aliphatic heterocycles. The summed E-state index contributed by atoms with van der Waals surface area (Å²) in [5.74, 6) is 1.56. The fourth-order valence-electron chi connectivity index (χ4n) is 5.54. The van der Waals surface area contributed by atoms with Gasteiger partial charge in [-0.15, -0.1) is 0 Å². The largest absolute Gasteiger partial charge is 0.523 e. The molecule has 6 nitrogen and oxygen atoms in total. The third kappa shape index (κ3) is 2.80. The third-order valence-electron chi connectivity index (χ3n) is 7.12. The van der Waals surface area contributed by atoms with E-state index in [1.807, 2.05) is 37.3 Å². The maximum atomic E-state index is 10.6. The van der Waals surface area contributed by atoms with Crippen molar-refractivity contribution in [3.8, 4) is 17.3 Å². The summed E-state index contributed by atoms with van der Waals surface area (Å²) in [6.45, 7) is 11.8. The predicted molar refractivity (Wildman–Crippen MR) is 119 cm³/mol. The van der Waals surface area contributed by atoms with Crippen LogP contribution >= 0.6 is 0 Å². The predicted octanol–water partition coefficient (Wildman–Crippen LogP) is 5.25. The van der Waals surface area contributed by atoms with Gasteiger partial charge in [0.15, 0.2) is 5.82 Å². The molecule has 31 heavy (non-hydrogen) atoms. The SMILES string of the molecule is [C-]#[N+]C1=C(O)[C@H](C)[C@H]2CCc3c(OC)nc(-c4ccnc5ccccc45)nc3[C@]2(C)C1. The topological polar surface area (TPSA) is 72.5 Å². The van der Waals surface area contributed by atoms with E-state index in [1.54, 1.807) is 13.3 Å². The first-order valence-electron chi connectivity index (χ1n) is 10.6. The molecule has 0 bridgehead atoms. The van der Waals surface area contributed by atoms with E-state index in [2.05, 4.69) is 16.8 Å². The molecule has 5 rings (SSSR count). The van der Waals surface area contributed by atoms with Crippen molar-refractivity contribution in [1.29, 1.82) is 0 Å². The lowest BCUT2D eigenvalue weighted by molar-refractivity contribution is 0.133. The van der Waals surface area contributed by atoms with Gasteiger partial charge >= 0.3 is 0 Å². The first kappa shape index (κ1) is 19.5. The molecule has 2 aromatic heterocycles. The van der Waals surface area contributed by atoms with E-state index in [-0.39, 0.29) is 23.0 Å². The van der Waals surface area contributed by atoms with Crippen LogP contribution in [0.3, 0.4) is 0 Å². The van der Waals surface area contributed by atoms with Crippen LogP contribution in [0.2, 0.25) is 0 Å². The summed E-state index contributed by atoms with van der Waals surface area (Å²) in [7, 11) is 1.64. The summed E-state index contributed by atoms with van der Waals surface area (Å²) in [4.78, 5) is 18.0. The fraction of sp³-hybridized carbons (Fsp3) is 0.360. The molecule has 0 saturated carbocycles. The van der Waals surface area contributed by atoms with Crippen LogP contribution in [-0.4, -0.2) is 27.2 Å². The molecule has 1 N–H and O–H groups in total. The Labute approximate surface area is 181 Å². The zero-order valence-corrected chi connectivity index (χ0v) is 17.9. The van der Waals surface area contributed by atoms with E-state index in [9.17, 15) is 5.11 Å². The Morgan fingerprint density at radius 2 is 2.03 bits per heavy atom. The number of hydrogen-bond donors (Lipinski definition) is 1. The minimum Gasteiger partial charge on any atom is -0.523 e. The van der Waals surface area contributed by atoms with Gasteiger partial charge in [0.2, 0.25) is 11.6 Å². The number of rotatable bonds is 2. The van der Waals surface area contributed by atoms with Crippen LogP contribution < -0.4 is 4.74 Å². The molecular weight excluding hydrogens is 388 g/mol. The molecule has 1 aromatic carbocycles. The maximum absolute atomic E-state index is 10.6. The Morgan fingerprint density at radius 1 is 1.23 bits per heavy atom. The summed E-state index contributed by atoms with van der Waals surface area (Å²) >= 11 is 0. The molecular formula is C25H24N4O2. The average Bonchev–Trinajstić information content (AvgIpc) is 2.80. The molecule has 0 amide bonds. The zero-order chi connectivity index (χ0) is 21.8. The van der Waals surface area contributed by atoms with Crippen molar-refractivity contribution in [3.05, 3.63) is 70.7 Å². The molecule has 0 saturated heterocycles. The minimum atomic E-state index is -0.368. The lowest BCUT2D eigenvalue weighted by Crippen LogP contribution is -2.45. The van der Waals surface area contributed by atoms with Gasteiger partial charge in [0.25, 0.3) is 0 Å². The third-order valence-corrected chi connectivity index (χ3v) is 7.12. The first-order valence-corrected chi connectivity index (χ1v) is 10.6. The number of aliphatic hydroxyl groups excluding tert-OH is 1. The van der Waals surface area contributed by atoms with Crippen molar-refractivity contribution in [2.24, 2.45) is 11.8 Å². The van der Waals surface area contributed by atoms with Crippen molar-refractivity contribution in [3.63, 3.8) is 0 Å². The van der Waals surface area contributed by atoms with Crippen LogP contribution in [0.4, 0.5) is 0 Å². The van der Waals surface area contributed by atoms with Crippen molar-refractivity contribution in [2.75, 3.05) is 7.11 Å². The van der Waals surface area contributed by atoms with Crippen molar-refractivity contribution in [1.82, 2.24) is 15.0 Å². The van der Waals surface area contributed by atoms with Crippen molar-refractivity contribution < 1.29 is 9.84 Å². The lowest BCUT2D eigenvalue weighted by Gasteiger charge is -2.48. The zero-order valence-electron chi connectivity index (χ0n) is 17.9. The van der Waals surface area contributed by atoms with Crippen LogP contribution in [0.5, 0.6) is 5.88 Å². The Bertz CT molecular complexity index is 1270. The van der Waals surface area contributed by atoms with Crippen LogP contribution in [0.25, 0.3) is 27.1 Å². The van der Waals surface area contributed by atoms with Gasteiger partial charge in [0.1, 0.15) is 0 Å². The van der Waals surface area contributed by atoms with Crippen LogP contribution in [0.1, 0.15) is 37.9 Å². The molecule has 2 aliphatic carbocycles. The van der Waals surface area contributed by atoms with Crippen LogP contribution in [0, 0.1) is 18.4 Å². The number of aliphatic hydroxyl groups is 1. The molecule has 0 radical (unpaired) electrons. The Kier molecular flexibility index (Phi) is 4.44. The van der Waals surface area contributed by atoms with Crippen molar-refractivity contribution >= 4 is 10.9 Å². The lowest BCUT2D eigenvalue weighted by atomic mass is 9.57. The highest BCUT2D eigenvalue weighted by Gasteiger charge is 2.50. The number of hydrogen-bond acceptors (Lipinski definition) is 5. The van der Waals surface area contributed by atoms with Gasteiger partial charge in [-0.05, 0) is 37.3 Å². The number of ether oxygens (including phenoxy) is 1. The smallest absolute Gasteiger partial charge is 0.220 e. The van der Waals surface area contributed by atoms with Gasteiger partial charge in [-0.3, -0.25) is 4.98 Å². The second-order valence-corrected chi connectivity index (χ2v) is 8.73. The van der Waals surface area contributed by atoms with E-state index < -0.39 is 0 Å². The molecule has 0 spiro atoms. The van der Waals surface area contributed by atoms with Gasteiger partial charge in [-0.25, -0.2) is 9.83 Å². The Hall–Kier alpha value is -3.46. The molecule has 6 heteroatoms. The summed E-state index contributed by atoms with van der Waals surface area (Å²) in [6.07, 6.45) is 3.94. The number of fused-ring (bicyclic) bond motifs is 4. The van der Waals surface area contributed by atoms with Gasteiger partial charge in [-0.1, -0.05) is 32.0 Å². The fourth-order valence-corrected chi connectivity index (χ4v) is 5.54. The van der Waals surface area contributed by atoms with E-state index in [0.29, 0.717) is 23.8 Å². The Morgan fingerprint density at radius 3 is 2.81 bits per heavy atom. The van der Waals surface area contributed by atoms with E-state index in [0.717, 1.165) is 40.6 Å². The number of pyridine rings is 1.